The van der Waals surface area contributed by atoms with Crippen LogP contribution in [0.4, 0.5) is 0 Å². The van der Waals surface area contributed by atoms with E-state index in [4.69, 9.17) is 0 Å². The lowest BCUT2D eigenvalue weighted by Gasteiger charge is -2.38. The molecule has 0 aromatic carbocycles. The van der Waals surface area contributed by atoms with E-state index in [1.807, 2.05) is 23.9 Å². The van der Waals surface area contributed by atoms with Gasteiger partial charge in [0.05, 0.1) is 0 Å². The topological polar surface area (TPSA) is 40.5 Å². The third-order valence-corrected chi connectivity index (χ3v) is 5.75. The average molecular weight is 306 g/mol. The molecular weight excluding hydrogens is 280 g/mol. The van der Waals surface area contributed by atoms with Crippen molar-refractivity contribution in [1.82, 2.24) is 0 Å². The Hall–Kier alpha value is -1.09. The van der Waals surface area contributed by atoms with Gasteiger partial charge in [0, 0.05) is 9.49 Å². The lowest BCUT2D eigenvalue weighted by Crippen LogP contribution is -2.31. The highest BCUT2D eigenvalue weighted by Gasteiger charge is 2.36. The predicted octanol–water partition coefficient (Wildman–Crippen LogP) is 5.60. The molecule has 2 N–H and O–H groups in total. The summed E-state index contributed by atoms with van der Waals surface area (Å²) in [5.41, 5.74) is 2.07. The van der Waals surface area contributed by atoms with Crippen molar-refractivity contribution in [3.63, 3.8) is 0 Å². The van der Waals surface area contributed by atoms with Crippen molar-refractivity contribution in [2.24, 2.45) is 0 Å². The molecule has 0 saturated heterocycles. The lowest BCUT2D eigenvalue weighted by molar-refractivity contribution is 0.409. The van der Waals surface area contributed by atoms with E-state index in [-0.39, 0.29) is 9.49 Å². The van der Waals surface area contributed by atoms with Crippen molar-refractivity contribution < 1.29 is 10.2 Å². The van der Waals surface area contributed by atoms with Crippen molar-refractivity contribution in [1.29, 1.82) is 0 Å². The van der Waals surface area contributed by atoms with E-state index < -0.39 is 0 Å². The van der Waals surface area contributed by atoms with Crippen LogP contribution in [0.3, 0.4) is 0 Å². The van der Waals surface area contributed by atoms with E-state index >= 15 is 0 Å². The molecule has 0 amide bonds. The molecule has 2 atom stereocenters. The molecule has 0 aromatic heterocycles. The third-order valence-electron chi connectivity index (χ3n) is 4.25. The molecule has 2 aliphatic carbocycles. The first kappa shape index (κ1) is 16.3. The van der Waals surface area contributed by atoms with Gasteiger partial charge in [0.1, 0.15) is 11.5 Å². The Bertz CT molecular complexity index is 493. The van der Waals surface area contributed by atoms with Crippen LogP contribution in [0.2, 0.25) is 0 Å². The van der Waals surface area contributed by atoms with Gasteiger partial charge in [0.25, 0.3) is 0 Å². The summed E-state index contributed by atoms with van der Waals surface area (Å²) in [5, 5.41) is 19.8. The standard InChI is InChI=1S/C18H26O2S/c1-5-13-11-17(3,9-7-15(13)19)21-18(4)10-8-16(20)14(6-2)12-18/h7-8,11-12,19-20H,5-6,9-10H2,1-4H3. The molecule has 0 fully saturated rings. The Morgan fingerprint density at radius 1 is 0.905 bits per heavy atom. The van der Waals surface area contributed by atoms with Gasteiger partial charge in [-0.1, -0.05) is 26.0 Å². The molecule has 3 heteroatoms. The van der Waals surface area contributed by atoms with Crippen molar-refractivity contribution in [2.45, 2.75) is 62.9 Å². The minimum absolute atomic E-state index is 0.0114. The van der Waals surface area contributed by atoms with Crippen molar-refractivity contribution >= 4 is 11.8 Å². The Balaban J connectivity index is 2.22. The molecule has 0 bridgehead atoms. The van der Waals surface area contributed by atoms with Crippen LogP contribution in [0.5, 0.6) is 0 Å². The van der Waals surface area contributed by atoms with Gasteiger partial charge in [-0.05, 0) is 62.8 Å². The molecule has 2 nitrogen and oxygen atoms in total. The SMILES string of the molecule is CCC1=CC(C)(SC2(C)C=C(CC)C(O)=CC2)CC=C1O. The molecule has 116 valence electrons. The summed E-state index contributed by atoms with van der Waals surface area (Å²) in [4.78, 5) is 0. The number of allylic oxidation sites excluding steroid dienone is 4. The maximum atomic E-state index is 9.92. The molecule has 0 spiro atoms. The van der Waals surface area contributed by atoms with E-state index in [0.717, 1.165) is 36.8 Å². The highest BCUT2D eigenvalue weighted by Crippen LogP contribution is 2.48. The summed E-state index contributed by atoms with van der Waals surface area (Å²) in [6.07, 6.45) is 11.7. The first-order valence-electron chi connectivity index (χ1n) is 7.73. The molecule has 21 heavy (non-hydrogen) atoms. The number of aliphatic hydroxyl groups is 2. The van der Waals surface area contributed by atoms with Crippen molar-refractivity contribution in [2.75, 3.05) is 0 Å². The molecule has 2 rings (SSSR count). The second-order valence-corrected chi connectivity index (χ2v) is 8.43. The van der Waals surface area contributed by atoms with Gasteiger partial charge in [-0.25, -0.2) is 0 Å². The lowest BCUT2D eigenvalue weighted by atomic mass is 9.93. The van der Waals surface area contributed by atoms with Crippen LogP contribution in [0.25, 0.3) is 0 Å². The molecule has 2 aliphatic rings. The minimum Gasteiger partial charge on any atom is -0.508 e. The summed E-state index contributed by atoms with van der Waals surface area (Å²) in [6, 6.07) is 0. The minimum atomic E-state index is -0.0114. The Kier molecular flexibility index (Phi) is 4.62. The van der Waals surface area contributed by atoms with E-state index in [0.29, 0.717) is 11.5 Å². The van der Waals surface area contributed by atoms with Gasteiger partial charge < -0.3 is 10.2 Å². The summed E-state index contributed by atoms with van der Waals surface area (Å²) in [6.45, 7) is 8.62. The molecule has 0 aromatic rings. The van der Waals surface area contributed by atoms with Crippen molar-refractivity contribution in [3.05, 3.63) is 47.0 Å². The van der Waals surface area contributed by atoms with Crippen LogP contribution in [0, 0.1) is 0 Å². The van der Waals surface area contributed by atoms with Crippen molar-refractivity contribution in [3.8, 4) is 0 Å². The zero-order chi connectivity index (χ0) is 15.7. The summed E-state index contributed by atoms with van der Waals surface area (Å²) in [5.74, 6) is 0.874. The monoisotopic (exact) mass is 306 g/mol. The average Bonchev–Trinajstić information content (AvgIpc) is 2.44. The van der Waals surface area contributed by atoms with Gasteiger partial charge in [0.15, 0.2) is 0 Å². The van der Waals surface area contributed by atoms with Gasteiger partial charge in [0.2, 0.25) is 0 Å². The number of hydrogen-bond donors (Lipinski definition) is 2. The quantitative estimate of drug-likeness (QED) is 0.710. The van der Waals surface area contributed by atoms with Crippen LogP contribution in [-0.4, -0.2) is 19.7 Å². The Morgan fingerprint density at radius 3 is 1.62 bits per heavy atom. The van der Waals surface area contributed by atoms with E-state index in [2.05, 4.69) is 39.8 Å². The molecule has 0 heterocycles. The Labute approximate surface area is 132 Å². The van der Waals surface area contributed by atoms with Crippen LogP contribution < -0.4 is 0 Å². The highest BCUT2D eigenvalue weighted by molar-refractivity contribution is 8.02. The molecule has 0 aliphatic heterocycles. The first-order chi connectivity index (χ1) is 9.81. The largest absolute Gasteiger partial charge is 0.508 e. The van der Waals surface area contributed by atoms with Crippen LogP contribution >= 0.6 is 11.8 Å². The van der Waals surface area contributed by atoms with Crippen LogP contribution in [-0.2, 0) is 0 Å². The predicted molar refractivity (Wildman–Crippen MR) is 91.8 cm³/mol. The van der Waals surface area contributed by atoms with Crippen LogP contribution in [0.1, 0.15) is 53.4 Å². The molecule has 0 saturated carbocycles. The number of rotatable bonds is 4. The second kappa shape index (κ2) is 5.96. The summed E-state index contributed by atoms with van der Waals surface area (Å²) < 4.78 is -0.0229. The normalized spacial score (nSPS) is 33.0. The van der Waals surface area contributed by atoms with E-state index in [1.54, 1.807) is 0 Å². The Morgan fingerprint density at radius 2 is 1.29 bits per heavy atom. The fourth-order valence-electron chi connectivity index (χ4n) is 3.10. The fraction of sp³-hybridized carbons (Fsp3) is 0.556. The van der Waals surface area contributed by atoms with Gasteiger partial charge in [-0.2, -0.15) is 0 Å². The van der Waals surface area contributed by atoms with Gasteiger partial charge in [-0.3, -0.25) is 0 Å². The van der Waals surface area contributed by atoms with Crippen LogP contribution in [0.15, 0.2) is 47.0 Å². The first-order valence-corrected chi connectivity index (χ1v) is 8.55. The molecule has 2 unspecified atom stereocenters. The maximum absolute atomic E-state index is 9.92. The highest BCUT2D eigenvalue weighted by atomic mass is 32.2. The number of hydrogen-bond acceptors (Lipinski definition) is 3. The summed E-state index contributed by atoms with van der Waals surface area (Å²) in [7, 11) is 0. The fourth-order valence-corrected chi connectivity index (χ4v) is 4.91. The molecular formula is C18H26O2S. The van der Waals surface area contributed by atoms with Gasteiger partial charge >= 0.3 is 0 Å². The second-order valence-electron chi connectivity index (χ2n) is 6.36. The van der Waals surface area contributed by atoms with Gasteiger partial charge in [-0.15, -0.1) is 11.8 Å². The van der Waals surface area contributed by atoms with E-state index in [1.165, 1.54) is 0 Å². The number of aliphatic hydroxyl groups excluding tert-OH is 2. The summed E-state index contributed by atoms with van der Waals surface area (Å²) >= 11 is 1.92. The third kappa shape index (κ3) is 3.57. The zero-order valence-corrected chi connectivity index (χ0v) is 14.3. The molecule has 0 radical (unpaired) electrons. The number of thioether (sulfide) groups is 1. The maximum Gasteiger partial charge on any atom is 0.114 e. The zero-order valence-electron chi connectivity index (χ0n) is 13.4. The van der Waals surface area contributed by atoms with E-state index in [9.17, 15) is 10.2 Å². The smallest absolute Gasteiger partial charge is 0.114 e.